The Morgan fingerprint density at radius 2 is 2.29 bits per heavy atom. The number of nitrogens with zero attached hydrogens (tertiary/aromatic N) is 4. The van der Waals surface area contributed by atoms with Crippen LogP contribution >= 0.6 is 0 Å². The number of rotatable bonds is 3. The van der Waals surface area contributed by atoms with Gasteiger partial charge in [0.15, 0.2) is 0 Å². The van der Waals surface area contributed by atoms with Gasteiger partial charge in [-0.15, -0.1) is 0 Å². The quantitative estimate of drug-likeness (QED) is 0.689. The molecule has 0 saturated carbocycles. The maximum atomic E-state index is 5.60. The highest BCUT2D eigenvalue weighted by atomic mass is 15.3. The lowest BCUT2D eigenvalue weighted by Gasteiger charge is -1.94. The summed E-state index contributed by atoms with van der Waals surface area (Å²) in [6, 6.07) is 5.98. The predicted octanol–water partition coefficient (Wildman–Crippen LogP) is 0.661. The molecule has 0 fully saturated rings. The molecular weight excluding hydrogens is 216 g/mol. The molecule has 6 nitrogen and oxygen atoms in total. The van der Waals surface area contributed by atoms with Gasteiger partial charge < -0.3 is 10.7 Å². The van der Waals surface area contributed by atoms with E-state index in [1.165, 1.54) is 6.33 Å². The highest BCUT2D eigenvalue weighted by molar-refractivity contribution is 5.75. The van der Waals surface area contributed by atoms with Crippen molar-refractivity contribution in [2.45, 2.75) is 13.1 Å². The fraction of sp³-hybridized carbons (Fsp3) is 0.182. The number of nitrogens with one attached hydrogen (secondary N) is 1. The second kappa shape index (κ2) is 3.99. The van der Waals surface area contributed by atoms with Crippen molar-refractivity contribution in [2.24, 2.45) is 5.73 Å². The lowest BCUT2D eigenvalue weighted by atomic mass is 10.2. The van der Waals surface area contributed by atoms with E-state index in [2.05, 4.69) is 20.1 Å². The van der Waals surface area contributed by atoms with Crippen molar-refractivity contribution in [2.75, 3.05) is 0 Å². The van der Waals surface area contributed by atoms with E-state index < -0.39 is 0 Å². The van der Waals surface area contributed by atoms with Gasteiger partial charge in [-0.1, -0.05) is 6.07 Å². The van der Waals surface area contributed by atoms with Crippen LogP contribution in [0, 0.1) is 0 Å². The molecule has 0 aliphatic carbocycles. The van der Waals surface area contributed by atoms with Crippen LogP contribution in [-0.2, 0) is 13.1 Å². The van der Waals surface area contributed by atoms with Gasteiger partial charge in [-0.2, -0.15) is 5.10 Å². The Bertz CT molecular complexity index is 625. The third-order valence-corrected chi connectivity index (χ3v) is 2.61. The Kier molecular flexibility index (Phi) is 2.34. The minimum atomic E-state index is 0.535. The molecule has 3 rings (SSSR count). The molecule has 6 heteroatoms. The molecular formula is C11H12N6. The lowest BCUT2D eigenvalue weighted by molar-refractivity contribution is 0.661. The van der Waals surface area contributed by atoms with Gasteiger partial charge in [-0.05, 0) is 17.7 Å². The number of H-pyrrole nitrogens is 1. The third-order valence-electron chi connectivity index (χ3n) is 2.61. The standard InChI is InChI=1S/C11H12N6/c12-4-8-1-2-9-10(3-8)16-11(15-9)5-17-7-13-6-14-17/h1-3,6-7H,4-5,12H2,(H,15,16). The second-order valence-electron chi connectivity index (χ2n) is 3.83. The summed E-state index contributed by atoms with van der Waals surface area (Å²) in [4.78, 5) is 11.6. The number of hydrogen-bond donors (Lipinski definition) is 2. The molecule has 0 saturated heterocycles. The van der Waals surface area contributed by atoms with Crippen LogP contribution in [0.25, 0.3) is 11.0 Å². The Morgan fingerprint density at radius 1 is 1.35 bits per heavy atom. The van der Waals surface area contributed by atoms with Crippen molar-refractivity contribution >= 4 is 11.0 Å². The summed E-state index contributed by atoms with van der Waals surface area (Å²) in [6.07, 6.45) is 3.17. The zero-order chi connectivity index (χ0) is 11.7. The molecule has 17 heavy (non-hydrogen) atoms. The van der Waals surface area contributed by atoms with Gasteiger partial charge in [-0.3, -0.25) is 0 Å². The molecule has 0 unspecified atom stereocenters. The van der Waals surface area contributed by atoms with Gasteiger partial charge in [0, 0.05) is 6.54 Å². The molecule has 86 valence electrons. The number of imidazole rings is 1. The maximum Gasteiger partial charge on any atom is 0.137 e. The highest BCUT2D eigenvalue weighted by Gasteiger charge is 2.04. The van der Waals surface area contributed by atoms with E-state index in [0.29, 0.717) is 13.1 Å². The van der Waals surface area contributed by atoms with E-state index in [4.69, 9.17) is 5.73 Å². The van der Waals surface area contributed by atoms with E-state index >= 15 is 0 Å². The summed E-state index contributed by atoms with van der Waals surface area (Å²) >= 11 is 0. The van der Waals surface area contributed by atoms with E-state index in [9.17, 15) is 0 Å². The molecule has 3 N–H and O–H groups in total. The molecule has 2 heterocycles. The van der Waals surface area contributed by atoms with Gasteiger partial charge in [0.1, 0.15) is 25.0 Å². The molecule has 0 amide bonds. The first kappa shape index (κ1) is 9.98. The number of hydrogen-bond acceptors (Lipinski definition) is 4. The normalized spacial score (nSPS) is 11.1. The topological polar surface area (TPSA) is 85.4 Å². The van der Waals surface area contributed by atoms with Crippen molar-refractivity contribution < 1.29 is 0 Å². The average molecular weight is 228 g/mol. The highest BCUT2D eigenvalue weighted by Crippen LogP contribution is 2.13. The van der Waals surface area contributed by atoms with Crippen LogP contribution in [0.5, 0.6) is 0 Å². The van der Waals surface area contributed by atoms with Crippen LogP contribution in [0.3, 0.4) is 0 Å². The van der Waals surface area contributed by atoms with Crippen LogP contribution < -0.4 is 5.73 Å². The van der Waals surface area contributed by atoms with E-state index in [-0.39, 0.29) is 0 Å². The predicted molar refractivity (Wildman–Crippen MR) is 63.1 cm³/mol. The van der Waals surface area contributed by atoms with Crippen LogP contribution in [-0.4, -0.2) is 24.7 Å². The summed E-state index contributed by atoms with van der Waals surface area (Å²) in [6.45, 7) is 1.13. The summed E-state index contributed by atoms with van der Waals surface area (Å²) in [5, 5.41) is 4.04. The van der Waals surface area contributed by atoms with E-state index in [0.717, 1.165) is 22.4 Å². The van der Waals surface area contributed by atoms with Crippen LogP contribution in [0.1, 0.15) is 11.4 Å². The molecule has 0 spiro atoms. The smallest absolute Gasteiger partial charge is 0.137 e. The van der Waals surface area contributed by atoms with Gasteiger partial charge in [-0.25, -0.2) is 14.6 Å². The SMILES string of the molecule is NCc1ccc2nc(Cn3cncn3)[nH]c2c1. The Hall–Kier alpha value is -2.21. The minimum absolute atomic E-state index is 0.535. The fourth-order valence-electron chi connectivity index (χ4n) is 1.78. The second-order valence-corrected chi connectivity index (χ2v) is 3.83. The number of nitrogens with two attached hydrogens (primary N) is 1. The number of aromatic amines is 1. The Labute approximate surface area is 97.5 Å². The van der Waals surface area contributed by atoms with E-state index in [1.54, 1.807) is 11.0 Å². The van der Waals surface area contributed by atoms with Crippen molar-refractivity contribution in [3.63, 3.8) is 0 Å². The minimum Gasteiger partial charge on any atom is -0.340 e. The first-order chi connectivity index (χ1) is 8.35. The summed E-state index contributed by atoms with van der Waals surface area (Å²) in [5.74, 6) is 0.861. The maximum absolute atomic E-state index is 5.60. The van der Waals surface area contributed by atoms with Crippen molar-refractivity contribution in [3.8, 4) is 0 Å². The first-order valence-corrected chi connectivity index (χ1v) is 5.35. The van der Waals surface area contributed by atoms with Gasteiger partial charge in [0.25, 0.3) is 0 Å². The molecule has 0 bridgehead atoms. The largest absolute Gasteiger partial charge is 0.340 e. The molecule has 0 aliphatic heterocycles. The number of aromatic nitrogens is 5. The van der Waals surface area contributed by atoms with Crippen molar-refractivity contribution in [1.29, 1.82) is 0 Å². The monoisotopic (exact) mass is 228 g/mol. The summed E-state index contributed by atoms with van der Waals surface area (Å²) in [5.41, 5.74) is 8.64. The molecule has 0 aliphatic rings. The molecule has 2 aromatic heterocycles. The zero-order valence-corrected chi connectivity index (χ0v) is 9.17. The molecule has 0 radical (unpaired) electrons. The Morgan fingerprint density at radius 3 is 3.06 bits per heavy atom. The van der Waals surface area contributed by atoms with Gasteiger partial charge in [0.05, 0.1) is 11.0 Å². The fourth-order valence-corrected chi connectivity index (χ4v) is 1.78. The average Bonchev–Trinajstić information content (AvgIpc) is 2.96. The Balaban J connectivity index is 1.96. The van der Waals surface area contributed by atoms with E-state index in [1.807, 2.05) is 18.2 Å². The number of benzene rings is 1. The van der Waals surface area contributed by atoms with Crippen LogP contribution in [0.15, 0.2) is 30.9 Å². The van der Waals surface area contributed by atoms with Crippen molar-refractivity contribution in [1.82, 2.24) is 24.7 Å². The molecule has 1 aromatic carbocycles. The summed E-state index contributed by atoms with van der Waals surface area (Å²) in [7, 11) is 0. The van der Waals surface area contributed by atoms with Crippen molar-refractivity contribution in [3.05, 3.63) is 42.2 Å². The van der Waals surface area contributed by atoms with Gasteiger partial charge in [0.2, 0.25) is 0 Å². The lowest BCUT2D eigenvalue weighted by Crippen LogP contribution is -2.01. The third kappa shape index (κ3) is 1.90. The summed E-state index contributed by atoms with van der Waals surface area (Å²) < 4.78 is 1.72. The first-order valence-electron chi connectivity index (χ1n) is 5.35. The van der Waals surface area contributed by atoms with Crippen LogP contribution in [0.4, 0.5) is 0 Å². The zero-order valence-electron chi connectivity index (χ0n) is 9.17. The molecule has 0 atom stereocenters. The molecule has 3 aromatic rings. The number of fused-ring (bicyclic) bond motifs is 1. The van der Waals surface area contributed by atoms with Gasteiger partial charge >= 0.3 is 0 Å². The van der Waals surface area contributed by atoms with Crippen LogP contribution in [0.2, 0.25) is 0 Å².